The Balaban J connectivity index is 1.31. The Morgan fingerprint density at radius 3 is 2.57 bits per heavy atom. The van der Waals surface area contributed by atoms with E-state index < -0.39 is 5.60 Å². The third kappa shape index (κ3) is 5.28. The Kier molecular flexibility index (Phi) is 7.19. The van der Waals surface area contributed by atoms with E-state index in [0.29, 0.717) is 13.0 Å². The Morgan fingerprint density at radius 1 is 1.09 bits per heavy atom. The molecule has 1 aromatic heterocycles. The molecule has 184 valence electrons. The lowest BCUT2D eigenvalue weighted by atomic mass is 9.74. The Bertz CT molecular complexity index is 1070. The first-order valence-corrected chi connectivity index (χ1v) is 13.0. The molecule has 1 aliphatic carbocycles. The van der Waals surface area contributed by atoms with Crippen molar-refractivity contribution in [3.8, 4) is 11.8 Å². The van der Waals surface area contributed by atoms with Crippen molar-refractivity contribution in [1.29, 1.82) is 0 Å². The molecule has 6 nitrogen and oxygen atoms in total. The second-order valence-electron chi connectivity index (χ2n) is 10.3. The topological polar surface area (TPSA) is 76.9 Å². The third-order valence-corrected chi connectivity index (χ3v) is 7.97. The molecular weight excluding hydrogens is 438 g/mol. The molecule has 3 fully saturated rings. The minimum Gasteiger partial charge on any atom is -0.395 e. The molecule has 0 bridgehead atoms. The Morgan fingerprint density at radius 2 is 1.86 bits per heavy atom. The van der Waals surface area contributed by atoms with Crippen molar-refractivity contribution in [2.24, 2.45) is 0 Å². The van der Waals surface area contributed by atoms with E-state index in [1.807, 2.05) is 29.2 Å². The zero-order valence-electron chi connectivity index (χ0n) is 20.3. The minimum atomic E-state index is -0.834. The smallest absolute Gasteiger partial charge is 0.227 e. The standard InChI is InChI=1S/C29H35N3O3/c33-21-26-28(24-9-7-22(8-10-24)11-14-29(35)12-1-2-13-29)25-20-31(16-3-4-17-32(25)26)27(34)18-23-6-5-15-30-19-23/h5-10,15,19,25-26,28,33,35H,1-4,12-13,16-18,20-21H2/t25-,26+,28+/m0/s1. The van der Waals surface area contributed by atoms with Crippen molar-refractivity contribution in [2.45, 2.75) is 68.5 Å². The molecule has 2 aliphatic heterocycles. The molecule has 35 heavy (non-hydrogen) atoms. The SMILES string of the molecule is O=C(Cc1cccnc1)N1CCCCN2[C@H](CO)[C@H](c3ccc(C#CC4(O)CCCC4)cc3)[C@@H]2C1. The van der Waals surface area contributed by atoms with Crippen LogP contribution in [0.2, 0.25) is 0 Å². The number of hydrogen-bond donors (Lipinski definition) is 2. The lowest BCUT2D eigenvalue weighted by Crippen LogP contribution is -2.68. The summed E-state index contributed by atoms with van der Waals surface area (Å²) in [5.41, 5.74) is 2.18. The molecule has 2 saturated heterocycles. The largest absolute Gasteiger partial charge is 0.395 e. The fraction of sp³-hybridized carbons (Fsp3) is 0.517. The second-order valence-corrected chi connectivity index (χ2v) is 10.3. The average Bonchev–Trinajstić information content (AvgIpc) is 3.30. The van der Waals surface area contributed by atoms with Gasteiger partial charge in [0.15, 0.2) is 0 Å². The lowest BCUT2D eigenvalue weighted by Gasteiger charge is -2.57. The van der Waals surface area contributed by atoms with Crippen molar-refractivity contribution in [3.63, 3.8) is 0 Å². The number of aliphatic hydroxyl groups excluding tert-OH is 1. The predicted molar refractivity (Wildman–Crippen MR) is 135 cm³/mol. The highest BCUT2D eigenvalue weighted by atomic mass is 16.3. The third-order valence-electron chi connectivity index (χ3n) is 7.97. The van der Waals surface area contributed by atoms with Gasteiger partial charge in [0.2, 0.25) is 5.91 Å². The lowest BCUT2D eigenvalue weighted by molar-refractivity contribution is -0.135. The summed E-state index contributed by atoms with van der Waals surface area (Å²) in [5.74, 6) is 6.55. The van der Waals surface area contributed by atoms with Crippen LogP contribution in [0.25, 0.3) is 0 Å². The number of aliphatic hydroxyl groups is 2. The summed E-state index contributed by atoms with van der Waals surface area (Å²) < 4.78 is 0. The number of carbonyl (C=O) groups is 1. The summed E-state index contributed by atoms with van der Waals surface area (Å²) >= 11 is 0. The van der Waals surface area contributed by atoms with Crippen LogP contribution >= 0.6 is 0 Å². The van der Waals surface area contributed by atoms with Gasteiger partial charge in [-0.15, -0.1) is 0 Å². The quantitative estimate of drug-likeness (QED) is 0.668. The number of benzene rings is 1. The van der Waals surface area contributed by atoms with E-state index in [1.165, 1.54) is 5.56 Å². The van der Waals surface area contributed by atoms with Gasteiger partial charge in [-0.25, -0.2) is 0 Å². The molecule has 3 heterocycles. The van der Waals surface area contributed by atoms with Crippen molar-refractivity contribution < 1.29 is 15.0 Å². The van der Waals surface area contributed by atoms with Crippen LogP contribution < -0.4 is 0 Å². The van der Waals surface area contributed by atoms with Crippen LogP contribution in [0.4, 0.5) is 0 Å². The van der Waals surface area contributed by atoms with Gasteiger partial charge in [-0.1, -0.05) is 30.0 Å². The molecule has 1 saturated carbocycles. The van der Waals surface area contributed by atoms with Gasteiger partial charge < -0.3 is 15.1 Å². The Labute approximate surface area is 208 Å². The average molecular weight is 474 g/mol. The van der Waals surface area contributed by atoms with E-state index >= 15 is 0 Å². The number of pyridine rings is 1. The van der Waals surface area contributed by atoms with E-state index in [-0.39, 0.29) is 30.5 Å². The number of aromatic nitrogens is 1. The molecule has 3 atom stereocenters. The van der Waals surface area contributed by atoms with Crippen LogP contribution in [-0.4, -0.2) is 74.8 Å². The summed E-state index contributed by atoms with van der Waals surface area (Å²) in [5, 5.41) is 20.7. The highest BCUT2D eigenvalue weighted by Crippen LogP contribution is 2.42. The van der Waals surface area contributed by atoms with Crippen LogP contribution in [0, 0.1) is 11.8 Å². The van der Waals surface area contributed by atoms with Crippen molar-refractivity contribution in [1.82, 2.24) is 14.8 Å². The molecule has 5 rings (SSSR count). The van der Waals surface area contributed by atoms with E-state index in [4.69, 9.17) is 0 Å². The van der Waals surface area contributed by atoms with E-state index in [2.05, 4.69) is 33.9 Å². The van der Waals surface area contributed by atoms with Crippen molar-refractivity contribution >= 4 is 5.91 Å². The van der Waals surface area contributed by atoms with Crippen molar-refractivity contribution in [3.05, 3.63) is 65.5 Å². The normalized spacial score (nSPS) is 26.0. The summed E-state index contributed by atoms with van der Waals surface area (Å²) in [7, 11) is 0. The zero-order chi connectivity index (χ0) is 24.3. The summed E-state index contributed by atoms with van der Waals surface area (Å²) in [6.07, 6.45) is 9.44. The van der Waals surface area contributed by atoms with Gasteiger partial charge in [0, 0.05) is 49.0 Å². The fourth-order valence-electron chi connectivity index (χ4n) is 6.02. The van der Waals surface area contributed by atoms with Gasteiger partial charge in [-0.05, 0) is 74.4 Å². The number of carbonyl (C=O) groups excluding carboxylic acids is 1. The molecule has 0 unspecified atom stereocenters. The Hall–Kier alpha value is -2.72. The fourth-order valence-corrected chi connectivity index (χ4v) is 6.02. The monoisotopic (exact) mass is 473 g/mol. The van der Waals surface area contributed by atoms with E-state index in [1.54, 1.807) is 12.4 Å². The molecule has 3 aliphatic rings. The first-order valence-electron chi connectivity index (χ1n) is 13.0. The predicted octanol–water partition coefficient (Wildman–Crippen LogP) is 2.73. The summed E-state index contributed by atoms with van der Waals surface area (Å²) in [6.45, 7) is 2.52. The highest BCUT2D eigenvalue weighted by molar-refractivity contribution is 5.78. The van der Waals surface area contributed by atoms with Crippen LogP contribution in [0.3, 0.4) is 0 Å². The molecule has 2 aromatic rings. The summed E-state index contributed by atoms with van der Waals surface area (Å²) in [6, 6.07) is 12.3. The maximum Gasteiger partial charge on any atom is 0.227 e. The molecule has 0 spiro atoms. The second kappa shape index (κ2) is 10.5. The summed E-state index contributed by atoms with van der Waals surface area (Å²) in [4.78, 5) is 21.7. The molecule has 0 radical (unpaired) electrons. The first-order chi connectivity index (χ1) is 17.1. The van der Waals surface area contributed by atoms with Gasteiger partial charge in [0.25, 0.3) is 0 Å². The number of nitrogens with zero attached hydrogens (tertiary/aromatic N) is 3. The van der Waals surface area contributed by atoms with Gasteiger partial charge in [-0.3, -0.25) is 14.7 Å². The van der Waals surface area contributed by atoms with E-state index in [9.17, 15) is 15.0 Å². The maximum absolute atomic E-state index is 13.1. The van der Waals surface area contributed by atoms with Crippen LogP contribution in [0.1, 0.15) is 61.1 Å². The van der Waals surface area contributed by atoms with Gasteiger partial charge >= 0.3 is 0 Å². The zero-order valence-corrected chi connectivity index (χ0v) is 20.3. The molecular formula is C29H35N3O3. The number of hydrogen-bond acceptors (Lipinski definition) is 5. The van der Waals surface area contributed by atoms with Crippen LogP contribution in [-0.2, 0) is 11.2 Å². The molecule has 6 heteroatoms. The maximum atomic E-state index is 13.1. The molecule has 2 N–H and O–H groups in total. The van der Waals surface area contributed by atoms with Gasteiger partial charge in [-0.2, -0.15) is 0 Å². The van der Waals surface area contributed by atoms with Crippen LogP contribution in [0.5, 0.6) is 0 Å². The molecule has 1 aromatic carbocycles. The highest BCUT2D eigenvalue weighted by Gasteiger charge is 2.49. The van der Waals surface area contributed by atoms with Gasteiger partial charge in [0.05, 0.1) is 13.0 Å². The van der Waals surface area contributed by atoms with Gasteiger partial charge in [0.1, 0.15) is 5.60 Å². The number of fused-ring (bicyclic) bond motifs is 1. The van der Waals surface area contributed by atoms with Crippen molar-refractivity contribution in [2.75, 3.05) is 26.2 Å². The molecule has 1 amide bonds. The van der Waals surface area contributed by atoms with E-state index in [0.717, 1.165) is 62.7 Å². The first kappa shape index (κ1) is 24.0. The minimum absolute atomic E-state index is 0.0736. The number of rotatable bonds is 4. The number of amides is 1. The van der Waals surface area contributed by atoms with Crippen LogP contribution in [0.15, 0.2) is 48.8 Å².